The first kappa shape index (κ1) is 13.4. The Hall–Kier alpha value is -0.610. The summed E-state index contributed by atoms with van der Waals surface area (Å²) in [6, 6.07) is 0.192. The second-order valence-corrected chi connectivity index (χ2v) is 4.59. The van der Waals surface area contributed by atoms with Crippen molar-refractivity contribution in [1.29, 1.82) is 0 Å². The van der Waals surface area contributed by atoms with Crippen LogP contribution in [0.3, 0.4) is 0 Å². The average molecular weight is 201 g/mol. The molecule has 0 aromatic rings. The van der Waals surface area contributed by atoms with Gasteiger partial charge in [0.25, 0.3) is 0 Å². The van der Waals surface area contributed by atoms with E-state index >= 15 is 0 Å². The summed E-state index contributed by atoms with van der Waals surface area (Å²) in [6.07, 6.45) is 0. The van der Waals surface area contributed by atoms with Gasteiger partial charge in [-0.25, -0.2) is 0 Å². The van der Waals surface area contributed by atoms with Crippen LogP contribution in [0.2, 0.25) is 0 Å². The Morgan fingerprint density at radius 2 is 2.00 bits per heavy atom. The molecule has 0 bridgehead atoms. The minimum atomic E-state index is -0.131. The first-order valence-corrected chi connectivity index (χ1v) is 5.00. The summed E-state index contributed by atoms with van der Waals surface area (Å²) in [5.41, 5.74) is 5.48. The fourth-order valence-electron chi connectivity index (χ4n) is 0.953. The molecule has 0 unspecified atom stereocenters. The molecule has 1 amide bonds. The largest absolute Gasteiger partial charge is 0.353 e. The summed E-state index contributed by atoms with van der Waals surface area (Å²) in [5.74, 6) is 0.0454. The predicted octanol–water partition coefficient (Wildman–Crippen LogP) is 0.180. The van der Waals surface area contributed by atoms with Crippen LogP contribution in [0.1, 0.15) is 27.7 Å². The van der Waals surface area contributed by atoms with Crippen LogP contribution in [0.5, 0.6) is 0 Å². The molecule has 0 fully saturated rings. The van der Waals surface area contributed by atoms with Crippen LogP contribution in [0.4, 0.5) is 0 Å². The molecule has 0 saturated carbocycles. The number of amides is 1. The molecule has 0 radical (unpaired) electrons. The van der Waals surface area contributed by atoms with E-state index in [9.17, 15) is 4.79 Å². The lowest BCUT2D eigenvalue weighted by Gasteiger charge is -2.34. The third-order valence-corrected chi connectivity index (χ3v) is 2.36. The lowest BCUT2D eigenvalue weighted by atomic mass is 10.0. The Labute approximate surface area is 86.8 Å². The van der Waals surface area contributed by atoms with Crippen molar-refractivity contribution in [3.8, 4) is 0 Å². The van der Waals surface area contributed by atoms with Gasteiger partial charge in [0.1, 0.15) is 0 Å². The maximum atomic E-state index is 11.4. The molecule has 0 aromatic heterocycles. The zero-order chi connectivity index (χ0) is 11.4. The zero-order valence-corrected chi connectivity index (χ0v) is 9.92. The minimum Gasteiger partial charge on any atom is -0.353 e. The normalized spacial score (nSPS) is 12.3. The lowest BCUT2D eigenvalue weighted by Crippen LogP contribution is -2.51. The summed E-state index contributed by atoms with van der Waals surface area (Å²) < 4.78 is 0. The first-order chi connectivity index (χ1) is 6.29. The van der Waals surface area contributed by atoms with Crippen LogP contribution in [-0.4, -0.2) is 42.5 Å². The molecule has 0 aliphatic rings. The highest BCUT2D eigenvalue weighted by atomic mass is 16.2. The maximum Gasteiger partial charge on any atom is 0.234 e. The molecule has 3 N–H and O–H groups in total. The van der Waals surface area contributed by atoms with Crippen molar-refractivity contribution in [2.24, 2.45) is 5.73 Å². The molecule has 0 atom stereocenters. The monoisotopic (exact) mass is 201 g/mol. The number of nitrogens with two attached hydrogens (primary N) is 1. The van der Waals surface area contributed by atoms with Gasteiger partial charge in [0.2, 0.25) is 5.91 Å². The van der Waals surface area contributed by atoms with Gasteiger partial charge in [0, 0.05) is 18.1 Å². The van der Waals surface area contributed by atoms with Gasteiger partial charge in [-0.15, -0.1) is 0 Å². The van der Waals surface area contributed by atoms with Crippen molar-refractivity contribution >= 4 is 5.91 Å². The van der Waals surface area contributed by atoms with Crippen LogP contribution >= 0.6 is 0 Å². The number of nitrogens with one attached hydrogen (secondary N) is 1. The first-order valence-electron chi connectivity index (χ1n) is 5.00. The lowest BCUT2D eigenvalue weighted by molar-refractivity contribution is -0.123. The fraction of sp³-hybridized carbons (Fsp3) is 0.900. The summed E-state index contributed by atoms with van der Waals surface area (Å²) >= 11 is 0. The van der Waals surface area contributed by atoms with Crippen LogP contribution < -0.4 is 11.1 Å². The van der Waals surface area contributed by atoms with Gasteiger partial charge in [-0.05, 0) is 34.7 Å². The van der Waals surface area contributed by atoms with E-state index in [0.29, 0.717) is 13.1 Å². The van der Waals surface area contributed by atoms with Crippen LogP contribution in [0.25, 0.3) is 0 Å². The van der Waals surface area contributed by atoms with E-state index < -0.39 is 0 Å². The number of carbonyl (C=O) groups excluding carboxylic acids is 1. The van der Waals surface area contributed by atoms with Crippen molar-refractivity contribution in [1.82, 2.24) is 10.2 Å². The summed E-state index contributed by atoms with van der Waals surface area (Å²) in [4.78, 5) is 13.4. The Balaban J connectivity index is 4.06. The standard InChI is InChI=1S/C10H23N3O/c1-8(2)12-9(14)6-13(5)10(3,4)7-11/h8H,6-7,11H2,1-5H3,(H,12,14). The third-order valence-electron chi connectivity index (χ3n) is 2.36. The molecule has 0 aliphatic heterocycles. The predicted molar refractivity (Wildman–Crippen MR) is 59.0 cm³/mol. The number of likely N-dealkylation sites (N-methyl/N-ethyl adjacent to an activating group) is 1. The smallest absolute Gasteiger partial charge is 0.234 e. The molecule has 4 nitrogen and oxygen atoms in total. The maximum absolute atomic E-state index is 11.4. The highest BCUT2D eigenvalue weighted by Crippen LogP contribution is 2.08. The molecule has 84 valence electrons. The Morgan fingerprint density at radius 3 is 2.36 bits per heavy atom. The van der Waals surface area contributed by atoms with E-state index in [-0.39, 0.29) is 17.5 Å². The quantitative estimate of drug-likeness (QED) is 0.667. The second-order valence-electron chi connectivity index (χ2n) is 4.59. The van der Waals surface area contributed by atoms with Crippen molar-refractivity contribution < 1.29 is 4.79 Å². The van der Waals surface area contributed by atoms with Gasteiger partial charge >= 0.3 is 0 Å². The van der Waals surface area contributed by atoms with Crippen molar-refractivity contribution in [3.63, 3.8) is 0 Å². The van der Waals surface area contributed by atoms with Crippen LogP contribution in [0.15, 0.2) is 0 Å². The number of carbonyl (C=O) groups is 1. The topological polar surface area (TPSA) is 58.4 Å². The SMILES string of the molecule is CC(C)NC(=O)CN(C)C(C)(C)CN. The number of nitrogens with zero attached hydrogens (tertiary/aromatic N) is 1. The van der Waals surface area contributed by atoms with Gasteiger partial charge in [-0.2, -0.15) is 0 Å². The van der Waals surface area contributed by atoms with Crippen molar-refractivity contribution in [2.45, 2.75) is 39.3 Å². The molecular formula is C10H23N3O. The van der Waals surface area contributed by atoms with Crippen molar-refractivity contribution in [3.05, 3.63) is 0 Å². The molecule has 0 rings (SSSR count). The summed E-state index contributed by atoms with van der Waals surface area (Å²) in [5, 5.41) is 2.85. The molecule has 14 heavy (non-hydrogen) atoms. The van der Waals surface area contributed by atoms with E-state index in [1.165, 1.54) is 0 Å². The van der Waals surface area contributed by atoms with Gasteiger partial charge in [-0.3, -0.25) is 9.69 Å². The average Bonchev–Trinajstić information content (AvgIpc) is 2.02. The number of rotatable bonds is 5. The van der Waals surface area contributed by atoms with E-state index in [0.717, 1.165) is 0 Å². The Kier molecular flexibility index (Phi) is 5.08. The van der Waals surface area contributed by atoms with Crippen LogP contribution in [-0.2, 0) is 4.79 Å². The molecule has 0 saturated heterocycles. The van der Waals surface area contributed by atoms with Crippen molar-refractivity contribution in [2.75, 3.05) is 20.1 Å². The highest BCUT2D eigenvalue weighted by molar-refractivity contribution is 5.78. The van der Waals surface area contributed by atoms with Gasteiger partial charge in [0.05, 0.1) is 6.54 Å². The van der Waals surface area contributed by atoms with E-state index in [4.69, 9.17) is 5.73 Å². The molecular weight excluding hydrogens is 178 g/mol. The van der Waals surface area contributed by atoms with E-state index in [1.807, 2.05) is 39.6 Å². The number of hydrogen-bond acceptors (Lipinski definition) is 3. The van der Waals surface area contributed by atoms with Gasteiger partial charge in [0.15, 0.2) is 0 Å². The molecule has 0 heterocycles. The molecule has 0 spiro atoms. The van der Waals surface area contributed by atoms with E-state index in [1.54, 1.807) is 0 Å². The Bertz CT molecular complexity index is 190. The fourth-order valence-corrected chi connectivity index (χ4v) is 0.953. The van der Waals surface area contributed by atoms with Crippen LogP contribution in [0, 0.1) is 0 Å². The molecule has 4 heteroatoms. The second kappa shape index (κ2) is 5.32. The van der Waals surface area contributed by atoms with Gasteiger partial charge in [-0.1, -0.05) is 0 Å². The summed E-state index contributed by atoms with van der Waals surface area (Å²) in [6.45, 7) is 8.88. The number of hydrogen-bond donors (Lipinski definition) is 2. The summed E-state index contributed by atoms with van der Waals surface area (Å²) in [7, 11) is 1.91. The molecule has 0 aliphatic carbocycles. The zero-order valence-electron chi connectivity index (χ0n) is 9.92. The van der Waals surface area contributed by atoms with Gasteiger partial charge < -0.3 is 11.1 Å². The molecule has 0 aromatic carbocycles. The minimum absolute atomic E-state index is 0.0454. The highest BCUT2D eigenvalue weighted by Gasteiger charge is 2.23. The van der Waals surface area contributed by atoms with E-state index in [2.05, 4.69) is 5.32 Å². The Morgan fingerprint density at radius 1 is 1.50 bits per heavy atom. The third kappa shape index (κ3) is 4.58.